The summed E-state index contributed by atoms with van der Waals surface area (Å²) in [6.07, 6.45) is 5.45. The zero-order valence-corrected chi connectivity index (χ0v) is 8.51. The normalized spacial score (nSPS) is 18.9. The molecule has 0 heterocycles. The van der Waals surface area contributed by atoms with E-state index in [9.17, 15) is 4.79 Å². The van der Waals surface area contributed by atoms with Crippen molar-refractivity contribution in [1.29, 1.82) is 0 Å². The average Bonchev–Trinajstić information content (AvgIpc) is 2.34. The minimum atomic E-state index is -0.664. The Bertz CT molecular complexity index is 183. The van der Waals surface area contributed by atoms with Crippen molar-refractivity contribution < 1.29 is 9.53 Å². The van der Waals surface area contributed by atoms with Gasteiger partial charge in [-0.05, 0) is 26.2 Å². The van der Waals surface area contributed by atoms with Gasteiger partial charge in [-0.3, -0.25) is 0 Å². The maximum Gasteiger partial charge on any atom is 0.405 e. The second kappa shape index (κ2) is 3.99. The molecule has 0 saturated heterocycles. The fourth-order valence-corrected chi connectivity index (χ4v) is 2.22. The first-order chi connectivity index (χ1) is 5.99. The van der Waals surface area contributed by atoms with E-state index < -0.39 is 6.09 Å². The van der Waals surface area contributed by atoms with Gasteiger partial charge in [0.25, 0.3) is 0 Å². The molecule has 3 nitrogen and oxygen atoms in total. The third-order valence-electron chi connectivity index (χ3n) is 2.63. The second-order valence-corrected chi connectivity index (χ2v) is 4.54. The molecule has 0 spiro atoms. The molecule has 0 aromatic heterocycles. The summed E-state index contributed by atoms with van der Waals surface area (Å²) < 4.78 is 5.04. The summed E-state index contributed by atoms with van der Waals surface area (Å²) in [6.45, 7) is 3.85. The minimum Gasteiger partial charge on any atom is -0.444 e. The second-order valence-electron chi connectivity index (χ2n) is 4.54. The lowest BCUT2D eigenvalue weighted by Gasteiger charge is -2.26. The van der Waals surface area contributed by atoms with Gasteiger partial charge in [0.05, 0.1) is 0 Å². The molecule has 0 atom stereocenters. The number of hydrogen-bond acceptors (Lipinski definition) is 2. The number of nitrogens with two attached hydrogens (primary N) is 1. The van der Waals surface area contributed by atoms with Crippen LogP contribution in [0.4, 0.5) is 4.79 Å². The van der Waals surface area contributed by atoms with Crippen LogP contribution in [0.15, 0.2) is 0 Å². The van der Waals surface area contributed by atoms with Crippen molar-refractivity contribution in [2.75, 3.05) is 0 Å². The highest BCUT2D eigenvalue weighted by atomic mass is 16.6. The van der Waals surface area contributed by atoms with Gasteiger partial charge >= 0.3 is 6.09 Å². The molecule has 76 valence electrons. The van der Waals surface area contributed by atoms with Crippen molar-refractivity contribution in [2.24, 2.45) is 11.7 Å². The van der Waals surface area contributed by atoms with E-state index in [1.54, 1.807) is 0 Å². The number of primary amides is 1. The molecule has 1 rings (SSSR count). The van der Waals surface area contributed by atoms with Gasteiger partial charge in [0, 0.05) is 0 Å². The molecular formula is C10H19NO2. The van der Waals surface area contributed by atoms with Crippen LogP contribution < -0.4 is 5.73 Å². The van der Waals surface area contributed by atoms with E-state index in [2.05, 4.69) is 0 Å². The molecule has 0 aromatic carbocycles. The van der Waals surface area contributed by atoms with Crippen LogP contribution in [0.1, 0.15) is 46.0 Å². The summed E-state index contributed by atoms with van der Waals surface area (Å²) in [5.74, 6) is 0.717. The Morgan fingerprint density at radius 2 is 2.00 bits per heavy atom. The molecule has 0 aromatic rings. The zero-order chi connectivity index (χ0) is 9.90. The van der Waals surface area contributed by atoms with Crippen molar-refractivity contribution in [3.05, 3.63) is 0 Å². The maximum absolute atomic E-state index is 10.6. The summed E-state index contributed by atoms with van der Waals surface area (Å²) in [5, 5.41) is 0. The standard InChI is InChI=1S/C10H19NO2/c1-10(2,13-9(11)12)7-8-5-3-4-6-8/h8H,3-7H2,1-2H3,(H2,11,12). The van der Waals surface area contributed by atoms with E-state index in [-0.39, 0.29) is 5.60 Å². The monoisotopic (exact) mass is 185 g/mol. The van der Waals surface area contributed by atoms with Crippen molar-refractivity contribution in [2.45, 2.75) is 51.6 Å². The predicted molar refractivity (Wildman–Crippen MR) is 51.3 cm³/mol. The molecule has 3 heteroatoms. The van der Waals surface area contributed by atoms with Crippen LogP contribution in [-0.2, 0) is 4.74 Å². The highest BCUT2D eigenvalue weighted by Gasteiger charge is 2.27. The van der Waals surface area contributed by atoms with Crippen LogP contribution in [-0.4, -0.2) is 11.7 Å². The smallest absolute Gasteiger partial charge is 0.405 e. The fraction of sp³-hybridized carbons (Fsp3) is 0.900. The number of ether oxygens (including phenoxy) is 1. The molecule has 2 N–H and O–H groups in total. The maximum atomic E-state index is 10.6. The topological polar surface area (TPSA) is 52.3 Å². The van der Waals surface area contributed by atoms with E-state index in [0.717, 1.165) is 6.42 Å². The summed E-state index contributed by atoms with van der Waals surface area (Å²) in [4.78, 5) is 10.6. The Morgan fingerprint density at radius 1 is 1.46 bits per heavy atom. The van der Waals surface area contributed by atoms with Gasteiger partial charge in [-0.1, -0.05) is 25.7 Å². The van der Waals surface area contributed by atoms with Crippen LogP contribution in [0, 0.1) is 5.92 Å². The van der Waals surface area contributed by atoms with E-state index in [1.165, 1.54) is 25.7 Å². The highest BCUT2D eigenvalue weighted by Crippen LogP contribution is 2.32. The number of amides is 1. The van der Waals surface area contributed by atoms with Gasteiger partial charge < -0.3 is 10.5 Å². The van der Waals surface area contributed by atoms with Crippen LogP contribution in [0.25, 0.3) is 0 Å². The van der Waals surface area contributed by atoms with E-state index in [0.29, 0.717) is 5.92 Å². The lowest BCUT2D eigenvalue weighted by atomic mass is 9.92. The van der Waals surface area contributed by atoms with Gasteiger partial charge in [-0.15, -0.1) is 0 Å². The minimum absolute atomic E-state index is 0.388. The molecule has 1 aliphatic rings. The van der Waals surface area contributed by atoms with Gasteiger partial charge in [0.15, 0.2) is 0 Å². The SMILES string of the molecule is CC(C)(CC1CCCC1)OC(N)=O. The van der Waals surface area contributed by atoms with Gasteiger partial charge in [-0.2, -0.15) is 0 Å². The number of rotatable bonds is 3. The third kappa shape index (κ3) is 3.66. The molecular weight excluding hydrogens is 166 g/mol. The highest BCUT2D eigenvalue weighted by molar-refractivity contribution is 5.65. The largest absolute Gasteiger partial charge is 0.444 e. The van der Waals surface area contributed by atoms with Gasteiger partial charge in [0.1, 0.15) is 5.60 Å². The number of hydrogen-bond donors (Lipinski definition) is 1. The number of carbonyl (C=O) groups is 1. The van der Waals surface area contributed by atoms with Crippen LogP contribution in [0.3, 0.4) is 0 Å². The summed E-state index contributed by atoms with van der Waals surface area (Å²) in [5.41, 5.74) is 4.60. The number of carbonyl (C=O) groups excluding carboxylic acids is 1. The molecule has 1 fully saturated rings. The zero-order valence-electron chi connectivity index (χ0n) is 8.51. The summed E-state index contributed by atoms with van der Waals surface area (Å²) >= 11 is 0. The van der Waals surface area contributed by atoms with Crippen molar-refractivity contribution in [3.8, 4) is 0 Å². The fourth-order valence-electron chi connectivity index (χ4n) is 2.22. The van der Waals surface area contributed by atoms with Gasteiger partial charge in [0.2, 0.25) is 0 Å². The van der Waals surface area contributed by atoms with Crippen LogP contribution in [0.2, 0.25) is 0 Å². The first-order valence-electron chi connectivity index (χ1n) is 4.98. The lowest BCUT2D eigenvalue weighted by Crippen LogP contribution is -2.32. The molecule has 0 aliphatic heterocycles. The summed E-state index contributed by atoms with van der Waals surface area (Å²) in [6, 6.07) is 0. The van der Waals surface area contributed by atoms with Crippen molar-refractivity contribution in [1.82, 2.24) is 0 Å². The van der Waals surface area contributed by atoms with E-state index in [1.807, 2.05) is 13.8 Å². The molecule has 0 unspecified atom stereocenters. The summed E-state index contributed by atoms with van der Waals surface area (Å²) in [7, 11) is 0. The Hall–Kier alpha value is -0.730. The first-order valence-corrected chi connectivity index (χ1v) is 4.98. The Labute approximate surface area is 79.6 Å². The lowest BCUT2D eigenvalue weighted by molar-refractivity contribution is 0.0271. The molecule has 1 amide bonds. The molecule has 0 radical (unpaired) electrons. The van der Waals surface area contributed by atoms with E-state index >= 15 is 0 Å². The Balaban J connectivity index is 2.35. The van der Waals surface area contributed by atoms with Crippen LogP contribution >= 0.6 is 0 Å². The van der Waals surface area contributed by atoms with Crippen molar-refractivity contribution >= 4 is 6.09 Å². The van der Waals surface area contributed by atoms with E-state index in [4.69, 9.17) is 10.5 Å². The van der Waals surface area contributed by atoms with Gasteiger partial charge in [-0.25, -0.2) is 4.79 Å². The third-order valence-corrected chi connectivity index (χ3v) is 2.63. The molecule has 1 saturated carbocycles. The predicted octanol–water partition coefficient (Wildman–Crippen LogP) is 2.44. The van der Waals surface area contributed by atoms with Crippen molar-refractivity contribution in [3.63, 3.8) is 0 Å². The van der Waals surface area contributed by atoms with Crippen LogP contribution in [0.5, 0.6) is 0 Å². The quantitative estimate of drug-likeness (QED) is 0.734. The Kier molecular flexibility index (Phi) is 3.17. The molecule has 0 bridgehead atoms. The Morgan fingerprint density at radius 3 is 2.46 bits per heavy atom. The first kappa shape index (κ1) is 10.4. The molecule has 1 aliphatic carbocycles. The molecule has 13 heavy (non-hydrogen) atoms. The average molecular weight is 185 g/mol.